The van der Waals surface area contributed by atoms with Crippen molar-refractivity contribution in [2.24, 2.45) is 17.1 Å². The number of nitrogens with zero attached hydrogens (tertiary/aromatic N) is 2. The second-order valence-corrected chi connectivity index (χ2v) is 6.97. The van der Waals surface area contributed by atoms with Crippen LogP contribution in [0.1, 0.15) is 53.4 Å². The smallest absolute Gasteiger partial charge is 0.230 e. The Hall–Kier alpha value is -0.610. The number of carbonyl (C=O) groups excluding carboxylic acids is 1. The van der Waals surface area contributed by atoms with Gasteiger partial charge in [0.2, 0.25) is 5.91 Å². The van der Waals surface area contributed by atoms with Crippen molar-refractivity contribution in [3.05, 3.63) is 0 Å². The number of rotatable bonds is 8. The van der Waals surface area contributed by atoms with E-state index in [1.807, 2.05) is 0 Å². The van der Waals surface area contributed by atoms with Crippen molar-refractivity contribution in [2.45, 2.75) is 53.4 Å². The maximum Gasteiger partial charge on any atom is 0.230 e. The fourth-order valence-electron chi connectivity index (χ4n) is 3.57. The minimum absolute atomic E-state index is 0.304. The number of hydrogen-bond acceptors (Lipinski definition) is 3. The van der Waals surface area contributed by atoms with Crippen LogP contribution in [0.15, 0.2) is 0 Å². The Bertz CT molecular complexity index is 303. The van der Waals surface area contributed by atoms with E-state index in [-0.39, 0.29) is 5.41 Å². The Morgan fingerprint density at radius 2 is 1.62 bits per heavy atom. The molecule has 21 heavy (non-hydrogen) atoms. The highest BCUT2D eigenvalue weighted by molar-refractivity contribution is 5.83. The molecule has 1 fully saturated rings. The van der Waals surface area contributed by atoms with Crippen LogP contribution in [0, 0.1) is 11.3 Å². The van der Waals surface area contributed by atoms with Gasteiger partial charge in [0.05, 0.1) is 5.41 Å². The summed E-state index contributed by atoms with van der Waals surface area (Å²) in [4.78, 5) is 17.5. The van der Waals surface area contributed by atoms with Gasteiger partial charge in [-0.25, -0.2) is 0 Å². The maximum absolute atomic E-state index is 13.0. The van der Waals surface area contributed by atoms with Crippen molar-refractivity contribution < 1.29 is 4.79 Å². The molecule has 1 heterocycles. The van der Waals surface area contributed by atoms with E-state index >= 15 is 0 Å². The first-order chi connectivity index (χ1) is 9.99. The highest BCUT2D eigenvalue weighted by atomic mass is 16.2. The number of carbonyl (C=O) groups is 1. The molecular weight excluding hydrogens is 262 g/mol. The molecule has 124 valence electrons. The molecule has 2 N–H and O–H groups in total. The minimum Gasteiger partial charge on any atom is -0.340 e. The van der Waals surface area contributed by atoms with Gasteiger partial charge in [0.25, 0.3) is 0 Å². The topological polar surface area (TPSA) is 49.6 Å². The van der Waals surface area contributed by atoms with E-state index in [1.165, 1.54) is 0 Å². The Morgan fingerprint density at radius 3 is 2.00 bits per heavy atom. The van der Waals surface area contributed by atoms with Crippen molar-refractivity contribution in [3.8, 4) is 0 Å². The molecule has 1 rings (SSSR count). The second kappa shape index (κ2) is 8.74. The lowest BCUT2D eigenvalue weighted by molar-refractivity contribution is -0.144. The van der Waals surface area contributed by atoms with Crippen molar-refractivity contribution in [1.29, 1.82) is 0 Å². The van der Waals surface area contributed by atoms with Crippen molar-refractivity contribution >= 4 is 5.91 Å². The van der Waals surface area contributed by atoms with Crippen LogP contribution < -0.4 is 5.73 Å². The van der Waals surface area contributed by atoms with Crippen LogP contribution >= 0.6 is 0 Å². The molecule has 0 saturated carbocycles. The normalized spacial score (nSPS) is 17.5. The van der Waals surface area contributed by atoms with Gasteiger partial charge < -0.3 is 10.6 Å². The van der Waals surface area contributed by atoms with Crippen molar-refractivity contribution in [3.63, 3.8) is 0 Å². The summed E-state index contributed by atoms with van der Waals surface area (Å²) in [7, 11) is 0. The maximum atomic E-state index is 13.0. The van der Waals surface area contributed by atoms with E-state index in [4.69, 9.17) is 5.73 Å². The molecule has 0 aliphatic carbocycles. The summed E-state index contributed by atoms with van der Waals surface area (Å²) in [6, 6.07) is 0. The predicted octanol–water partition coefficient (Wildman–Crippen LogP) is 2.33. The summed E-state index contributed by atoms with van der Waals surface area (Å²) >= 11 is 0. The molecule has 1 aliphatic rings. The van der Waals surface area contributed by atoms with Gasteiger partial charge in [-0.2, -0.15) is 0 Å². The second-order valence-electron chi connectivity index (χ2n) is 6.97. The summed E-state index contributed by atoms with van der Waals surface area (Å²) in [5.74, 6) is 0.994. The molecular formula is C17H35N3O. The SMILES string of the molecule is CCCC(CN)(CCC)C(=O)N1CCN(CC(C)C)CC1. The molecule has 0 aromatic rings. The molecule has 1 amide bonds. The monoisotopic (exact) mass is 297 g/mol. The molecule has 1 saturated heterocycles. The zero-order chi connectivity index (χ0) is 15.9. The third-order valence-electron chi connectivity index (χ3n) is 4.58. The summed E-state index contributed by atoms with van der Waals surface area (Å²) in [6.45, 7) is 14.1. The minimum atomic E-state index is -0.316. The highest BCUT2D eigenvalue weighted by Gasteiger charge is 2.39. The van der Waals surface area contributed by atoms with Crippen LogP contribution in [0.25, 0.3) is 0 Å². The third-order valence-corrected chi connectivity index (χ3v) is 4.58. The number of amides is 1. The molecule has 0 atom stereocenters. The molecule has 0 aromatic carbocycles. The van der Waals surface area contributed by atoms with Gasteiger partial charge >= 0.3 is 0 Å². The Balaban J connectivity index is 2.65. The molecule has 1 aliphatic heterocycles. The average Bonchev–Trinajstić information content (AvgIpc) is 2.46. The van der Waals surface area contributed by atoms with Crippen LogP contribution in [0.5, 0.6) is 0 Å². The zero-order valence-electron chi connectivity index (χ0n) is 14.5. The summed E-state index contributed by atoms with van der Waals surface area (Å²) in [6.07, 6.45) is 3.89. The molecule has 4 nitrogen and oxygen atoms in total. The van der Waals surface area contributed by atoms with E-state index in [1.54, 1.807) is 0 Å². The third kappa shape index (κ3) is 4.96. The van der Waals surface area contributed by atoms with Crippen molar-refractivity contribution in [1.82, 2.24) is 9.80 Å². The Kier molecular flexibility index (Phi) is 7.67. The quantitative estimate of drug-likeness (QED) is 0.748. The van der Waals surface area contributed by atoms with Gasteiger partial charge in [0, 0.05) is 39.3 Å². The fourth-order valence-corrected chi connectivity index (χ4v) is 3.57. The van der Waals surface area contributed by atoms with E-state index in [0.29, 0.717) is 18.4 Å². The number of hydrogen-bond donors (Lipinski definition) is 1. The van der Waals surface area contributed by atoms with Crippen LogP contribution in [-0.4, -0.2) is 55.0 Å². The largest absolute Gasteiger partial charge is 0.340 e. The standard InChI is InChI=1S/C17H35N3O/c1-5-7-17(14-18,8-6-2)16(21)20-11-9-19(10-12-20)13-15(3)4/h15H,5-14,18H2,1-4H3. The van der Waals surface area contributed by atoms with Crippen LogP contribution in [0.4, 0.5) is 0 Å². The van der Waals surface area contributed by atoms with Gasteiger partial charge in [-0.1, -0.05) is 40.5 Å². The lowest BCUT2D eigenvalue weighted by Crippen LogP contribution is -2.55. The Labute approximate surface area is 131 Å². The van der Waals surface area contributed by atoms with Crippen LogP contribution in [0.3, 0.4) is 0 Å². The first-order valence-electron chi connectivity index (χ1n) is 8.70. The van der Waals surface area contributed by atoms with E-state index in [9.17, 15) is 4.79 Å². The number of piperazine rings is 1. The van der Waals surface area contributed by atoms with E-state index in [2.05, 4.69) is 37.5 Å². The van der Waals surface area contributed by atoms with Crippen LogP contribution in [-0.2, 0) is 4.79 Å². The molecule has 0 unspecified atom stereocenters. The van der Waals surface area contributed by atoms with Gasteiger partial charge in [-0.15, -0.1) is 0 Å². The fraction of sp³-hybridized carbons (Fsp3) is 0.941. The van der Waals surface area contributed by atoms with E-state index < -0.39 is 0 Å². The van der Waals surface area contributed by atoms with E-state index in [0.717, 1.165) is 58.4 Å². The first kappa shape index (κ1) is 18.4. The lowest BCUT2D eigenvalue weighted by atomic mass is 9.77. The molecule has 0 bridgehead atoms. The predicted molar refractivity (Wildman–Crippen MR) is 89.2 cm³/mol. The molecule has 0 aromatic heterocycles. The van der Waals surface area contributed by atoms with Gasteiger partial charge in [0.1, 0.15) is 0 Å². The van der Waals surface area contributed by atoms with Gasteiger partial charge in [0.15, 0.2) is 0 Å². The summed E-state index contributed by atoms with van der Waals surface area (Å²) < 4.78 is 0. The van der Waals surface area contributed by atoms with Gasteiger partial charge in [-0.05, 0) is 18.8 Å². The highest BCUT2D eigenvalue weighted by Crippen LogP contribution is 2.31. The van der Waals surface area contributed by atoms with Gasteiger partial charge in [-0.3, -0.25) is 9.69 Å². The molecule has 4 heteroatoms. The zero-order valence-corrected chi connectivity index (χ0v) is 14.5. The first-order valence-corrected chi connectivity index (χ1v) is 8.70. The van der Waals surface area contributed by atoms with Crippen molar-refractivity contribution in [2.75, 3.05) is 39.3 Å². The molecule has 0 radical (unpaired) electrons. The Morgan fingerprint density at radius 1 is 1.10 bits per heavy atom. The average molecular weight is 297 g/mol. The summed E-state index contributed by atoms with van der Waals surface area (Å²) in [5, 5.41) is 0. The molecule has 0 spiro atoms. The number of nitrogens with two attached hydrogens (primary N) is 1. The lowest BCUT2D eigenvalue weighted by Gasteiger charge is -2.41. The van der Waals surface area contributed by atoms with Crippen LogP contribution in [0.2, 0.25) is 0 Å². The summed E-state index contributed by atoms with van der Waals surface area (Å²) in [5.41, 5.74) is 5.71.